The van der Waals surface area contributed by atoms with Crippen LogP contribution in [0.3, 0.4) is 0 Å². The summed E-state index contributed by atoms with van der Waals surface area (Å²) in [5, 5.41) is 20.7. The number of ether oxygens (including phenoxy) is 1. The summed E-state index contributed by atoms with van der Waals surface area (Å²) in [5.41, 5.74) is 1.17. The van der Waals surface area contributed by atoms with Gasteiger partial charge >= 0.3 is 0 Å². The van der Waals surface area contributed by atoms with Crippen LogP contribution in [0.2, 0.25) is 0 Å². The molecule has 1 aromatic heterocycles. The van der Waals surface area contributed by atoms with E-state index in [9.17, 15) is 15.0 Å². The maximum Gasteiger partial charge on any atom is 0.238 e. The Morgan fingerprint density at radius 2 is 2.00 bits per heavy atom. The second-order valence-electron chi connectivity index (χ2n) is 5.86. The summed E-state index contributed by atoms with van der Waals surface area (Å²) in [6.45, 7) is 7.18. The van der Waals surface area contributed by atoms with Crippen LogP contribution in [0.15, 0.2) is 26.4 Å². The maximum atomic E-state index is 12.5. The topological polar surface area (TPSA) is 79.9 Å². The molecular formula is C17H22O5. The molecule has 0 bridgehead atoms. The fraction of sp³-hybridized carbons (Fsp3) is 0.471. The van der Waals surface area contributed by atoms with Gasteiger partial charge in [0.15, 0.2) is 0 Å². The largest absolute Gasteiger partial charge is 0.507 e. The number of aryl methyl sites for hydroxylation is 1. The number of aliphatic hydroxyl groups excluding tert-OH is 2. The average molecular weight is 306 g/mol. The van der Waals surface area contributed by atoms with E-state index in [1.807, 2.05) is 19.9 Å². The molecule has 120 valence electrons. The predicted molar refractivity (Wildman–Crippen MR) is 84.3 cm³/mol. The molecule has 0 amide bonds. The van der Waals surface area contributed by atoms with Gasteiger partial charge in [-0.1, -0.05) is 11.6 Å². The second-order valence-corrected chi connectivity index (χ2v) is 5.86. The number of methoxy groups -OCH3 is 1. The molecule has 22 heavy (non-hydrogen) atoms. The minimum absolute atomic E-state index is 0.0791. The van der Waals surface area contributed by atoms with Gasteiger partial charge in [0.2, 0.25) is 11.2 Å². The van der Waals surface area contributed by atoms with Crippen LogP contribution in [0.1, 0.15) is 50.2 Å². The van der Waals surface area contributed by atoms with Crippen molar-refractivity contribution in [3.63, 3.8) is 0 Å². The van der Waals surface area contributed by atoms with Gasteiger partial charge in [0, 0.05) is 0 Å². The number of fused-ring (bicyclic) bond motifs is 1. The predicted octanol–water partition coefficient (Wildman–Crippen LogP) is 3.06. The maximum absolute atomic E-state index is 12.5. The summed E-state index contributed by atoms with van der Waals surface area (Å²) in [5.74, 6) is 0.112. The van der Waals surface area contributed by atoms with Gasteiger partial charge in [-0.15, -0.1) is 0 Å². The Hall–Kier alpha value is -2.01. The fourth-order valence-corrected chi connectivity index (χ4v) is 2.75. The van der Waals surface area contributed by atoms with Gasteiger partial charge in [0.05, 0.1) is 19.1 Å². The Kier molecular flexibility index (Phi) is 4.47. The molecule has 0 radical (unpaired) electrons. The zero-order valence-corrected chi connectivity index (χ0v) is 13.6. The van der Waals surface area contributed by atoms with E-state index in [0.717, 1.165) is 5.57 Å². The van der Waals surface area contributed by atoms with Gasteiger partial charge in [-0.05, 0) is 39.7 Å². The van der Waals surface area contributed by atoms with E-state index < -0.39 is 17.5 Å². The quantitative estimate of drug-likeness (QED) is 0.839. The number of rotatable bonds is 3. The minimum Gasteiger partial charge on any atom is -0.507 e. The van der Waals surface area contributed by atoms with Crippen LogP contribution >= 0.6 is 0 Å². The van der Waals surface area contributed by atoms with Crippen molar-refractivity contribution in [2.45, 2.75) is 46.1 Å². The Balaban J connectivity index is 2.71. The summed E-state index contributed by atoms with van der Waals surface area (Å²) in [7, 11) is 1.39. The summed E-state index contributed by atoms with van der Waals surface area (Å²) in [6.07, 6.45) is 1.61. The third-order valence-corrected chi connectivity index (χ3v) is 4.02. The highest BCUT2D eigenvalue weighted by molar-refractivity contribution is 5.68. The molecule has 2 rings (SSSR count). The van der Waals surface area contributed by atoms with E-state index in [0.29, 0.717) is 23.5 Å². The smallest absolute Gasteiger partial charge is 0.238 e. The lowest BCUT2D eigenvalue weighted by Gasteiger charge is -2.29. The highest BCUT2D eigenvalue weighted by Gasteiger charge is 2.37. The van der Waals surface area contributed by atoms with E-state index >= 15 is 0 Å². The van der Waals surface area contributed by atoms with Crippen LogP contribution in [0, 0.1) is 6.92 Å². The third kappa shape index (κ3) is 2.57. The fourth-order valence-electron chi connectivity index (χ4n) is 2.75. The second kappa shape index (κ2) is 6.01. The Morgan fingerprint density at radius 1 is 1.36 bits per heavy atom. The van der Waals surface area contributed by atoms with Crippen molar-refractivity contribution in [1.29, 1.82) is 0 Å². The lowest BCUT2D eigenvalue weighted by atomic mass is 9.82. The van der Waals surface area contributed by atoms with Gasteiger partial charge in [0.25, 0.3) is 0 Å². The normalized spacial score (nSPS) is 20.6. The molecule has 0 saturated heterocycles. The first-order valence-electron chi connectivity index (χ1n) is 7.22. The molecular weight excluding hydrogens is 284 g/mol. The number of aliphatic hydroxyl groups is 2. The standard InChI is InChI=1S/C17H22O5/c1-8(2)6-7-11-13(18)9(3)14(19)12-15(20)16(21-5)10(4)22-17(11)12/h6,11,13,18-19H,7H2,1-5H3. The van der Waals surface area contributed by atoms with Gasteiger partial charge in [-0.2, -0.15) is 0 Å². The first kappa shape index (κ1) is 16.4. The molecule has 0 fully saturated rings. The van der Waals surface area contributed by atoms with Crippen molar-refractivity contribution in [3.8, 4) is 5.75 Å². The van der Waals surface area contributed by atoms with Crippen LogP contribution in [0.25, 0.3) is 5.76 Å². The summed E-state index contributed by atoms with van der Waals surface area (Å²) in [6, 6.07) is 0. The Morgan fingerprint density at radius 3 is 2.55 bits per heavy atom. The molecule has 0 aromatic carbocycles. The zero-order chi connectivity index (χ0) is 16.6. The number of allylic oxidation sites excluding steroid dienone is 2. The van der Waals surface area contributed by atoms with E-state index in [1.165, 1.54) is 7.11 Å². The SMILES string of the molecule is COc1c(C)oc2c(c1=O)C(O)=C(C)C(O)C2CC=C(C)C. The van der Waals surface area contributed by atoms with E-state index in [2.05, 4.69) is 0 Å². The zero-order valence-electron chi connectivity index (χ0n) is 13.6. The summed E-state index contributed by atoms with van der Waals surface area (Å²) in [4.78, 5) is 12.5. The Bertz CT molecular complexity index is 704. The van der Waals surface area contributed by atoms with Crippen LogP contribution in [-0.2, 0) is 0 Å². The van der Waals surface area contributed by atoms with Gasteiger partial charge in [-0.25, -0.2) is 0 Å². The molecule has 2 atom stereocenters. The van der Waals surface area contributed by atoms with E-state index in [-0.39, 0.29) is 17.1 Å². The van der Waals surface area contributed by atoms with Gasteiger partial charge in [-0.3, -0.25) is 4.79 Å². The molecule has 1 aliphatic carbocycles. The van der Waals surface area contributed by atoms with Crippen LogP contribution < -0.4 is 10.2 Å². The summed E-state index contributed by atoms with van der Waals surface area (Å²) < 4.78 is 10.8. The third-order valence-electron chi connectivity index (χ3n) is 4.02. The number of hydrogen-bond donors (Lipinski definition) is 2. The number of hydrogen-bond acceptors (Lipinski definition) is 5. The average Bonchev–Trinajstić information content (AvgIpc) is 2.44. The molecule has 0 aliphatic heterocycles. The van der Waals surface area contributed by atoms with Crippen LogP contribution in [0.4, 0.5) is 0 Å². The highest BCUT2D eigenvalue weighted by atomic mass is 16.5. The lowest BCUT2D eigenvalue weighted by molar-refractivity contribution is 0.157. The first-order valence-corrected chi connectivity index (χ1v) is 7.22. The van der Waals surface area contributed by atoms with Crippen molar-refractivity contribution in [3.05, 3.63) is 44.5 Å². The minimum atomic E-state index is -0.890. The van der Waals surface area contributed by atoms with Crippen LogP contribution in [0.5, 0.6) is 5.75 Å². The highest BCUT2D eigenvalue weighted by Crippen LogP contribution is 2.40. The van der Waals surface area contributed by atoms with Crippen LogP contribution in [-0.4, -0.2) is 23.4 Å². The van der Waals surface area contributed by atoms with E-state index in [4.69, 9.17) is 9.15 Å². The molecule has 5 heteroatoms. The lowest BCUT2D eigenvalue weighted by Crippen LogP contribution is -2.30. The molecule has 2 N–H and O–H groups in total. The van der Waals surface area contributed by atoms with Crippen molar-refractivity contribution in [1.82, 2.24) is 0 Å². The monoisotopic (exact) mass is 306 g/mol. The molecule has 1 aromatic rings. The molecule has 2 unspecified atom stereocenters. The summed E-state index contributed by atoms with van der Waals surface area (Å²) >= 11 is 0. The van der Waals surface area contributed by atoms with Crippen molar-refractivity contribution >= 4 is 5.76 Å². The molecule has 5 nitrogen and oxygen atoms in total. The van der Waals surface area contributed by atoms with E-state index in [1.54, 1.807) is 13.8 Å². The molecule has 1 heterocycles. The first-order chi connectivity index (χ1) is 10.3. The van der Waals surface area contributed by atoms with Crippen molar-refractivity contribution in [2.75, 3.05) is 7.11 Å². The van der Waals surface area contributed by atoms with Crippen molar-refractivity contribution < 1.29 is 19.4 Å². The van der Waals surface area contributed by atoms with Gasteiger partial charge < -0.3 is 19.4 Å². The molecule has 0 spiro atoms. The molecule has 0 saturated carbocycles. The Labute approximate surface area is 129 Å². The van der Waals surface area contributed by atoms with Crippen molar-refractivity contribution in [2.24, 2.45) is 0 Å². The molecule has 1 aliphatic rings. The van der Waals surface area contributed by atoms with Gasteiger partial charge in [0.1, 0.15) is 22.8 Å².